The van der Waals surface area contributed by atoms with E-state index in [4.69, 9.17) is 4.74 Å². The molecule has 0 aliphatic heterocycles. The third-order valence-corrected chi connectivity index (χ3v) is 3.99. The Morgan fingerprint density at radius 1 is 1.43 bits per heavy atom. The summed E-state index contributed by atoms with van der Waals surface area (Å²) in [4.78, 5) is 11.8. The molecule has 5 nitrogen and oxygen atoms in total. The number of amides is 2. The van der Waals surface area contributed by atoms with E-state index in [1.807, 2.05) is 6.92 Å². The fourth-order valence-corrected chi connectivity index (χ4v) is 2.80. The minimum atomic E-state index is -0.352. The number of urea groups is 1. The molecule has 3 atom stereocenters. The fourth-order valence-electron chi connectivity index (χ4n) is 2.80. The van der Waals surface area contributed by atoms with Gasteiger partial charge in [-0.05, 0) is 44.2 Å². The number of aliphatic hydroxyl groups excluding tert-OH is 1. The first-order valence-electron chi connectivity index (χ1n) is 8.15. The van der Waals surface area contributed by atoms with Crippen molar-refractivity contribution < 1.29 is 19.0 Å². The van der Waals surface area contributed by atoms with Crippen LogP contribution in [0.2, 0.25) is 0 Å². The molecule has 1 aromatic rings. The minimum Gasteiger partial charge on any atom is -0.489 e. The lowest BCUT2D eigenvalue weighted by Crippen LogP contribution is -2.42. The zero-order valence-electron chi connectivity index (χ0n) is 13.4. The van der Waals surface area contributed by atoms with Crippen molar-refractivity contribution in [3.05, 3.63) is 30.1 Å². The lowest BCUT2D eigenvalue weighted by Gasteiger charge is -2.26. The van der Waals surface area contributed by atoms with Crippen molar-refractivity contribution >= 4 is 6.03 Å². The van der Waals surface area contributed by atoms with Crippen LogP contribution in [0.3, 0.4) is 0 Å². The number of hydrogen-bond acceptors (Lipinski definition) is 3. The molecule has 1 aliphatic carbocycles. The average molecular weight is 324 g/mol. The lowest BCUT2D eigenvalue weighted by atomic mass is 9.87. The van der Waals surface area contributed by atoms with Crippen molar-refractivity contribution in [3.63, 3.8) is 0 Å². The Labute approximate surface area is 136 Å². The van der Waals surface area contributed by atoms with Gasteiger partial charge >= 0.3 is 6.03 Å². The summed E-state index contributed by atoms with van der Waals surface area (Å²) < 4.78 is 18.6. The monoisotopic (exact) mass is 324 g/mol. The van der Waals surface area contributed by atoms with Crippen LogP contribution in [-0.4, -0.2) is 36.4 Å². The Bertz CT molecular complexity index is 512. The maximum absolute atomic E-state index is 13.1. The average Bonchev–Trinajstić information content (AvgIpc) is 2.51. The number of halogens is 1. The summed E-state index contributed by atoms with van der Waals surface area (Å²) in [5.41, 5.74) is 0. The number of ether oxygens (including phenoxy) is 1. The van der Waals surface area contributed by atoms with Crippen LogP contribution in [0.15, 0.2) is 24.3 Å². The van der Waals surface area contributed by atoms with Crippen LogP contribution in [0.1, 0.15) is 32.6 Å². The van der Waals surface area contributed by atoms with Gasteiger partial charge in [-0.3, -0.25) is 0 Å². The molecule has 2 rings (SSSR count). The quantitative estimate of drug-likeness (QED) is 0.753. The first kappa shape index (κ1) is 17.5. The second-order valence-electron chi connectivity index (χ2n) is 6.16. The topological polar surface area (TPSA) is 70.6 Å². The predicted molar refractivity (Wildman–Crippen MR) is 85.9 cm³/mol. The molecule has 128 valence electrons. The van der Waals surface area contributed by atoms with E-state index in [-0.39, 0.29) is 24.1 Å². The van der Waals surface area contributed by atoms with E-state index < -0.39 is 0 Å². The highest BCUT2D eigenvalue weighted by Gasteiger charge is 2.20. The highest BCUT2D eigenvalue weighted by Crippen LogP contribution is 2.23. The Morgan fingerprint density at radius 3 is 3.00 bits per heavy atom. The van der Waals surface area contributed by atoms with Gasteiger partial charge in [-0.1, -0.05) is 12.5 Å². The third-order valence-electron chi connectivity index (χ3n) is 3.99. The number of hydrogen-bond donors (Lipinski definition) is 3. The SMILES string of the molecule is CC(CNC(=O)NCC1CCCC(O)C1)Oc1cccc(F)c1. The van der Waals surface area contributed by atoms with Gasteiger partial charge in [0.15, 0.2) is 0 Å². The van der Waals surface area contributed by atoms with Crippen LogP contribution in [-0.2, 0) is 0 Å². The zero-order valence-corrected chi connectivity index (χ0v) is 13.4. The maximum Gasteiger partial charge on any atom is 0.314 e. The van der Waals surface area contributed by atoms with E-state index in [2.05, 4.69) is 10.6 Å². The molecule has 0 heterocycles. The van der Waals surface area contributed by atoms with Gasteiger partial charge in [-0.25, -0.2) is 9.18 Å². The Kier molecular flexibility index (Phi) is 6.65. The molecule has 6 heteroatoms. The highest BCUT2D eigenvalue weighted by atomic mass is 19.1. The van der Waals surface area contributed by atoms with Crippen LogP contribution in [0.5, 0.6) is 5.75 Å². The fraction of sp³-hybridized carbons (Fsp3) is 0.588. The molecule has 0 radical (unpaired) electrons. The normalized spacial score (nSPS) is 22.2. The highest BCUT2D eigenvalue weighted by molar-refractivity contribution is 5.73. The standard InChI is InChI=1S/C17H25FN2O3/c1-12(23-16-7-3-5-14(18)9-16)10-19-17(22)20-11-13-4-2-6-15(21)8-13/h3,5,7,9,12-13,15,21H,2,4,6,8,10-11H2,1H3,(H2,19,20,22). The van der Waals surface area contributed by atoms with E-state index in [0.717, 1.165) is 25.7 Å². The molecule has 0 spiro atoms. The number of carbonyl (C=O) groups excluding carboxylic acids is 1. The second kappa shape index (κ2) is 8.72. The van der Waals surface area contributed by atoms with Crippen molar-refractivity contribution in [3.8, 4) is 5.75 Å². The summed E-state index contributed by atoms with van der Waals surface area (Å²) in [5.74, 6) is 0.427. The van der Waals surface area contributed by atoms with Gasteiger partial charge in [-0.15, -0.1) is 0 Å². The van der Waals surface area contributed by atoms with Gasteiger partial charge in [-0.2, -0.15) is 0 Å². The molecule has 3 unspecified atom stereocenters. The Balaban J connectivity index is 1.63. The molecule has 1 aromatic carbocycles. The number of aliphatic hydroxyl groups is 1. The van der Waals surface area contributed by atoms with Gasteiger partial charge in [0.25, 0.3) is 0 Å². The van der Waals surface area contributed by atoms with E-state index in [9.17, 15) is 14.3 Å². The predicted octanol–water partition coefficient (Wildman–Crippen LogP) is 2.44. The van der Waals surface area contributed by atoms with Crippen LogP contribution in [0.25, 0.3) is 0 Å². The van der Waals surface area contributed by atoms with Gasteiger partial charge in [0.1, 0.15) is 17.7 Å². The summed E-state index contributed by atoms with van der Waals surface area (Å²) in [6.07, 6.45) is 3.15. The molecular weight excluding hydrogens is 299 g/mol. The van der Waals surface area contributed by atoms with Crippen LogP contribution in [0, 0.1) is 11.7 Å². The van der Waals surface area contributed by atoms with E-state index in [1.54, 1.807) is 12.1 Å². The van der Waals surface area contributed by atoms with Crippen molar-refractivity contribution in [2.24, 2.45) is 5.92 Å². The van der Waals surface area contributed by atoms with Crippen molar-refractivity contribution in [2.75, 3.05) is 13.1 Å². The summed E-state index contributed by atoms with van der Waals surface area (Å²) in [5, 5.41) is 15.2. The number of carbonyl (C=O) groups is 1. The van der Waals surface area contributed by atoms with Crippen molar-refractivity contribution in [1.29, 1.82) is 0 Å². The Hall–Kier alpha value is -1.82. The number of nitrogens with one attached hydrogen (secondary N) is 2. The number of benzene rings is 1. The molecule has 1 fully saturated rings. The summed E-state index contributed by atoms with van der Waals surface area (Å²) >= 11 is 0. The first-order chi connectivity index (χ1) is 11.0. The van der Waals surface area contributed by atoms with Crippen LogP contribution in [0.4, 0.5) is 9.18 Å². The minimum absolute atomic E-state index is 0.238. The molecular formula is C17H25FN2O3. The summed E-state index contributed by atoms with van der Waals surface area (Å²) in [6.45, 7) is 2.71. The molecule has 1 aliphatic rings. The smallest absolute Gasteiger partial charge is 0.314 e. The first-order valence-corrected chi connectivity index (χ1v) is 8.15. The molecule has 0 saturated heterocycles. The third kappa shape index (κ3) is 6.44. The van der Waals surface area contributed by atoms with Gasteiger partial charge < -0.3 is 20.5 Å². The van der Waals surface area contributed by atoms with E-state index >= 15 is 0 Å². The molecule has 1 saturated carbocycles. The van der Waals surface area contributed by atoms with Crippen LogP contribution < -0.4 is 15.4 Å². The van der Waals surface area contributed by atoms with Gasteiger partial charge in [0.2, 0.25) is 0 Å². The molecule has 23 heavy (non-hydrogen) atoms. The molecule has 0 bridgehead atoms. The maximum atomic E-state index is 13.1. The van der Waals surface area contributed by atoms with E-state index in [0.29, 0.717) is 24.8 Å². The largest absolute Gasteiger partial charge is 0.489 e. The van der Waals surface area contributed by atoms with Gasteiger partial charge in [0.05, 0.1) is 12.6 Å². The van der Waals surface area contributed by atoms with Gasteiger partial charge in [0, 0.05) is 12.6 Å². The van der Waals surface area contributed by atoms with Crippen molar-refractivity contribution in [2.45, 2.75) is 44.8 Å². The zero-order chi connectivity index (χ0) is 16.7. The second-order valence-corrected chi connectivity index (χ2v) is 6.16. The number of rotatable bonds is 6. The van der Waals surface area contributed by atoms with Crippen molar-refractivity contribution in [1.82, 2.24) is 10.6 Å². The van der Waals surface area contributed by atoms with Crippen LogP contribution >= 0.6 is 0 Å². The molecule has 3 N–H and O–H groups in total. The molecule has 2 amide bonds. The molecule has 0 aromatic heterocycles. The summed E-state index contributed by atoms with van der Waals surface area (Å²) in [7, 11) is 0. The lowest BCUT2D eigenvalue weighted by molar-refractivity contribution is 0.101. The Morgan fingerprint density at radius 2 is 2.26 bits per heavy atom. The summed E-state index contributed by atoms with van der Waals surface area (Å²) in [6, 6.07) is 5.67. The van der Waals surface area contributed by atoms with E-state index in [1.165, 1.54) is 12.1 Å².